The molecule has 0 aromatic rings. The van der Waals surface area contributed by atoms with Crippen LogP contribution in [0.4, 0.5) is 0 Å². The van der Waals surface area contributed by atoms with Crippen molar-refractivity contribution in [3.8, 4) is 0 Å². The molecular formula is C64H123NO4. The van der Waals surface area contributed by atoms with E-state index in [2.05, 4.69) is 88.4 Å². The molecule has 0 rings (SSSR count). The molecule has 0 aromatic carbocycles. The van der Waals surface area contributed by atoms with E-state index in [0.29, 0.717) is 19.8 Å². The van der Waals surface area contributed by atoms with Crippen LogP contribution in [0.25, 0.3) is 0 Å². The Morgan fingerprint density at radius 2 is 0.609 bits per heavy atom. The average molecular weight is 971 g/mol. The molecule has 69 heavy (non-hydrogen) atoms. The Hall–Kier alpha value is -1.24. The fourth-order valence-corrected chi connectivity index (χ4v) is 8.97. The van der Waals surface area contributed by atoms with Crippen LogP contribution < -0.4 is 0 Å². The molecule has 0 aliphatic carbocycles. The van der Waals surface area contributed by atoms with Crippen molar-refractivity contribution in [2.45, 2.75) is 303 Å². The van der Waals surface area contributed by atoms with E-state index in [1.807, 2.05) is 0 Å². The van der Waals surface area contributed by atoms with Crippen LogP contribution in [-0.2, 0) is 18.9 Å². The standard InChI is InChI=1S/C64H123NO4/c1-6-9-12-15-18-21-24-27-30-33-36-39-42-45-48-51-57-66-61-64(69-59-53-50-47-44-41-38-35-32-29-26-23-20-17-14-11-8-3)62-67-60-63(55-54-56-65(4)5)68-58-52-49-46-43-40-37-34-31-28-25-22-19-16-13-10-7-2/h19-20,22-23,28-29,31-32,63-64H,6-18,21,24-27,30,33-62H2,1-5H3/b22-19-,23-20-,31-28-,32-29-. The average Bonchev–Trinajstić information content (AvgIpc) is 3.34. The highest BCUT2D eigenvalue weighted by molar-refractivity contribution is 4.93. The summed E-state index contributed by atoms with van der Waals surface area (Å²) in [4.78, 5) is 2.27. The number of rotatable bonds is 59. The third kappa shape index (κ3) is 59.2. The van der Waals surface area contributed by atoms with E-state index in [0.717, 1.165) is 71.3 Å². The molecule has 0 aliphatic rings. The van der Waals surface area contributed by atoms with Gasteiger partial charge in [0.1, 0.15) is 6.10 Å². The summed E-state index contributed by atoms with van der Waals surface area (Å²) < 4.78 is 25.6. The molecule has 408 valence electrons. The van der Waals surface area contributed by atoms with Gasteiger partial charge in [0.2, 0.25) is 0 Å². The summed E-state index contributed by atoms with van der Waals surface area (Å²) >= 11 is 0. The lowest BCUT2D eigenvalue weighted by Crippen LogP contribution is -2.30. The van der Waals surface area contributed by atoms with Crippen LogP contribution >= 0.6 is 0 Å². The summed E-state index contributed by atoms with van der Waals surface area (Å²) in [6, 6.07) is 0. The van der Waals surface area contributed by atoms with Crippen molar-refractivity contribution in [1.29, 1.82) is 0 Å². The van der Waals surface area contributed by atoms with Crippen molar-refractivity contribution in [1.82, 2.24) is 4.90 Å². The van der Waals surface area contributed by atoms with Crippen molar-refractivity contribution >= 4 is 0 Å². The van der Waals surface area contributed by atoms with Gasteiger partial charge in [-0.15, -0.1) is 0 Å². The van der Waals surface area contributed by atoms with E-state index in [9.17, 15) is 0 Å². The van der Waals surface area contributed by atoms with Gasteiger partial charge in [-0.3, -0.25) is 0 Å². The summed E-state index contributed by atoms with van der Waals surface area (Å²) in [5, 5.41) is 0. The van der Waals surface area contributed by atoms with Crippen molar-refractivity contribution in [3.05, 3.63) is 48.6 Å². The Morgan fingerprint density at radius 1 is 0.304 bits per heavy atom. The highest BCUT2D eigenvalue weighted by Gasteiger charge is 2.15. The minimum Gasteiger partial charge on any atom is -0.379 e. The van der Waals surface area contributed by atoms with Crippen molar-refractivity contribution in [3.63, 3.8) is 0 Å². The molecule has 0 aromatic heterocycles. The first-order valence-corrected chi connectivity index (χ1v) is 30.8. The summed E-state index contributed by atoms with van der Waals surface area (Å²) in [6.07, 6.45) is 73.7. The fraction of sp³-hybridized carbons (Fsp3) is 0.875. The first-order chi connectivity index (χ1) is 34.1. The van der Waals surface area contributed by atoms with Crippen LogP contribution in [0.1, 0.15) is 290 Å². The number of allylic oxidation sites excluding steroid dienone is 8. The van der Waals surface area contributed by atoms with Crippen LogP contribution in [-0.4, -0.2) is 77.4 Å². The molecule has 0 saturated carbocycles. The lowest BCUT2D eigenvalue weighted by atomic mass is 10.0. The van der Waals surface area contributed by atoms with Crippen LogP contribution in [0.5, 0.6) is 0 Å². The second-order valence-electron chi connectivity index (χ2n) is 21.0. The SMILES string of the molecule is CCCCC/C=C\C/C=C\CCCCCCCCOC(CCCN(C)C)COCC(COCCCCCCCCCCCCCCCCCC)OCCCCCCCC/C=C\C/C=C\CCCCC. The molecule has 0 fully saturated rings. The molecule has 0 radical (unpaired) electrons. The molecule has 2 unspecified atom stereocenters. The van der Waals surface area contributed by atoms with Crippen molar-refractivity contribution in [2.75, 3.05) is 60.3 Å². The quantitative estimate of drug-likeness (QED) is 0.0449. The first kappa shape index (κ1) is 67.8. The van der Waals surface area contributed by atoms with Crippen LogP contribution in [0.3, 0.4) is 0 Å². The molecule has 0 N–H and O–H groups in total. The van der Waals surface area contributed by atoms with Gasteiger partial charge < -0.3 is 23.8 Å². The topological polar surface area (TPSA) is 40.2 Å². The number of ether oxygens (including phenoxy) is 4. The smallest absolute Gasteiger partial charge is 0.104 e. The van der Waals surface area contributed by atoms with Gasteiger partial charge in [0, 0.05) is 19.8 Å². The number of nitrogens with zero attached hydrogens (tertiary/aromatic N) is 1. The summed E-state index contributed by atoms with van der Waals surface area (Å²) in [6.45, 7) is 12.2. The van der Waals surface area contributed by atoms with E-state index in [4.69, 9.17) is 18.9 Å². The minimum atomic E-state index is -0.0147. The van der Waals surface area contributed by atoms with E-state index in [-0.39, 0.29) is 12.2 Å². The summed E-state index contributed by atoms with van der Waals surface area (Å²) in [5.74, 6) is 0. The third-order valence-electron chi connectivity index (χ3n) is 13.6. The third-order valence-corrected chi connectivity index (χ3v) is 13.6. The largest absolute Gasteiger partial charge is 0.379 e. The van der Waals surface area contributed by atoms with Crippen LogP contribution in [0.15, 0.2) is 48.6 Å². The zero-order valence-electron chi connectivity index (χ0n) is 47.5. The summed E-state index contributed by atoms with van der Waals surface area (Å²) in [5.41, 5.74) is 0. The molecule has 5 heteroatoms. The van der Waals surface area contributed by atoms with Gasteiger partial charge in [-0.05, 0) is 117 Å². The Labute approximate surface area is 433 Å². The molecule has 0 heterocycles. The van der Waals surface area contributed by atoms with Gasteiger partial charge >= 0.3 is 0 Å². The highest BCUT2D eigenvalue weighted by Crippen LogP contribution is 2.16. The maximum Gasteiger partial charge on any atom is 0.104 e. The molecule has 2 atom stereocenters. The van der Waals surface area contributed by atoms with Gasteiger partial charge in [-0.25, -0.2) is 0 Å². The molecule has 0 saturated heterocycles. The van der Waals surface area contributed by atoms with E-state index in [1.165, 1.54) is 225 Å². The fourth-order valence-electron chi connectivity index (χ4n) is 8.97. The molecule has 5 nitrogen and oxygen atoms in total. The monoisotopic (exact) mass is 970 g/mol. The molecule has 0 spiro atoms. The maximum absolute atomic E-state index is 6.49. The second-order valence-corrected chi connectivity index (χ2v) is 21.0. The van der Waals surface area contributed by atoms with Gasteiger partial charge in [0.15, 0.2) is 0 Å². The first-order valence-electron chi connectivity index (χ1n) is 30.8. The molecule has 0 amide bonds. The Balaban J connectivity index is 4.54. The molecular weight excluding hydrogens is 847 g/mol. The predicted molar refractivity (Wildman–Crippen MR) is 307 cm³/mol. The van der Waals surface area contributed by atoms with Gasteiger partial charge in [-0.2, -0.15) is 0 Å². The van der Waals surface area contributed by atoms with E-state index < -0.39 is 0 Å². The van der Waals surface area contributed by atoms with Crippen molar-refractivity contribution < 1.29 is 18.9 Å². The highest BCUT2D eigenvalue weighted by atomic mass is 16.6. The van der Waals surface area contributed by atoms with Crippen LogP contribution in [0.2, 0.25) is 0 Å². The van der Waals surface area contributed by atoms with Gasteiger partial charge in [0.25, 0.3) is 0 Å². The maximum atomic E-state index is 6.49. The predicted octanol–water partition coefficient (Wildman–Crippen LogP) is 20.0. The van der Waals surface area contributed by atoms with Crippen molar-refractivity contribution in [2.24, 2.45) is 0 Å². The Bertz CT molecular complexity index is 1050. The van der Waals surface area contributed by atoms with E-state index >= 15 is 0 Å². The molecule has 0 bridgehead atoms. The Morgan fingerprint density at radius 3 is 1.01 bits per heavy atom. The van der Waals surface area contributed by atoms with Gasteiger partial charge in [-0.1, -0.05) is 243 Å². The number of hydrogen-bond acceptors (Lipinski definition) is 5. The lowest BCUT2D eigenvalue weighted by Gasteiger charge is -2.22. The van der Waals surface area contributed by atoms with E-state index in [1.54, 1.807) is 0 Å². The minimum absolute atomic E-state index is 0.0147. The zero-order chi connectivity index (χ0) is 49.9. The molecule has 0 aliphatic heterocycles. The Kier molecular flexibility index (Phi) is 60.0. The summed E-state index contributed by atoms with van der Waals surface area (Å²) in [7, 11) is 4.32. The van der Waals surface area contributed by atoms with Gasteiger partial charge in [0.05, 0.1) is 25.9 Å². The normalized spacial score (nSPS) is 13.2. The number of unbranched alkanes of at least 4 members (excludes halogenated alkanes) is 33. The lowest BCUT2D eigenvalue weighted by molar-refractivity contribution is -0.0834. The van der Waals surface area contributed by atoms with Crippen LogP contribution in [0, 0.1) is 0 Å². The number of hydrogen-bond donors (Lipinski definition) is 0. The zero-order valence-corrected chi connectivity index (χ0v) is 47.5. The second kappa shape index (κ2) is 61.1.